The number of rotatable bonds is 7. The number of hydrogen-bond donors (Lipinski definition) is 1. The number of halogens is 3. The molecule has 1 N–H and O–H groups in total. The number of methoxy groups -OCH3 is 1. The summed E-state index contributed by atoms with van der Waals surface area (Å²) in [4.78, 5) is 35.9. The van der Waals surface area contributed by atoms with Crippen molar-refractivity contribution < 1.29 is 28.2 Å². The van der Waals surface area contributed by atoms with E-state index in [1.54, 1.807) is 19.1 Å². The van der Waals surface area contributed by atoms with Crippen LogP contribution in [-0.2, 0) is 15.3 Å². The van der Waals surface area contributed by atoms with Gasteiger partial charge in [-0.05, 0) is 69.4 Å². The van der Waals surface area contributed by atoms with Gasteiger partial charge in [-0.3, -0.25) is 14.2 Å². The summed E-state index contributed by atoms with van der Waals surface area (Å²) in [6.45, 7) is 1.54. The average molecular weight is 575 g/mol. The summed E-state index contributed by atoms with van der Waals surface area (Å²) in [5, 5.41) is 9.50. The maximum absolute atomic E-state index is 14.8. The Morgan fingerprint density at radius 1 is 1.10 bits per heavy atom. The van der Waals surface area contributed by atoms with Gasteiger partial charge in [0.15, 0.2) is 11.6 Å². The lowest BCUT2D eigenvalue weighted by molar-refractivity contribution is -0.150. The summed E-state index contributed by atoms with van der Waals surface area (Å²) < 4.78 is 36.7. The maximum atomic E-state index is 14.8. The molecule has 40 heavy (non-hydrogen) atoms. The van der Waals surface area contributed by atoms with E-state index >= 15 is 0 Å². The molecule has 2 aromatic heterocycles. The average Bonchev–Trinajstić information content (AvgIpc) is 3.28. The predicted molar refractivity (Wildman–Crippen MR) is 146 cm³/mol. The molecule has 3 aromatic rings. The van der Waals surface area contributed by atoms with E-state index in [1.165, 1.54) is 7.11 Å². The molecule has 0 radical (unpaired) electrons. The number of aromatic nitrogens is 3. The second-order valence-electron chi connectivity index (χ2n) is 10.9. The van der Waals surface area contributed by atoms with Gasteiger partial charge < -0.3 is 14.7 Å². The third-order valence-electron chi connectivity index (χ3n) is 8.46. The summed E-state index contributed by atoms with van der Waals surface area (Å²) in [6.07, 6.45) is 6.68. The second kappa shape index (κ2) is 11.3. The quantitative estimate of drug-likeness (QED) is 0.322. The smallest absolute Gasteiger partial charge is 0.303 e. The van der Waals surface area contributed by atoms with Crippen molar-refractivity contribution in [1.82, 2.24) is 19.4 Å². The third-order valence-corrected chi connectivity index (χ3v) is 8.67. The fourth-order valence-corrected chi connectivity index (χ4v) is 6.99. The van der Waals surface area contributed by atoms with Gasteiger partial charge in [-0.25, -0.2) is 18.7 Å². The molecule has 2 saturated carbocycles. The zero-order valence-electron chi connectivity index (χ0n) is 22.6. The summed E-state index contributed by atoms with van der Waals surface area (Å²) in [6, 6.07) is 5.40. The lowest BCUT2D eigenvalue weighted by atomic mass is 9.80. The van der Waals surface area contributed by atoms with Crippen LogP contribution in [0.1, 0.15) is 71.1 Å². The van der Waals surface area contributed by atoms with Crippen LogP contribution >= 0.6 is 11.6 Å². The van der Waals surface area contributed by atoms with E-state index in [9.17, 15) is 23.5 Å². The number of carboxylic acids is 1. The van der Waals surface area contributed by atoms with E-state index in [2.05, 4.69) is 4.98 Å². The van der Waals surface area contributed by atoms with Crippen molar-refractivity contribution >= 4 is 34.5 Å². The van der Waals surface area contributed by atoms with E-state index in [-0.39, 0.29) is 40.8 Å². The molecule has 8 nitrogen and oxygen atoms in total. The van der Waals surface area contributed by atoms with Crippen molar-refractivity contribution in [2.24, 2.45) is 5.92 Å². The SMILES string of the molecule is COc1nc(Cl)ccc1-c1nc2cc(F)c(F)cc2n1C1(N(C(C)=O)C2CCC(CC(=O)O)CC2)CCCCC1. The molecule has 2 aliphatic carbocycles. The van der Waals surface area contributed by atoms with Crippen LogP contribution in [0.2, 0.25) is 5.15 Å². The van der Waals surface area contributed by atoms with Crippen LogP contribution in [-0.4, -0.2) is 49.6 Å². The first-order valence-electron chi connectivity index (χ1n) is 13.7. The number of amides is 1. The predicted octanol–water partition coefficient (Wildman–Crippen LogP) is 6.54. The number of carboxylic acid groups (broad SMARTS) is 1. The molecule has 2 aliphatic rings. The molecule has 0 unspecified atom stereocenters. The van der Waals surface area contributed by atoms with Crippen LogP contribution in [0.25, 0.3) is 22.4 Å². The zero-order chi connectivity index (χ0) is 28.6. The molecular formula is C29H33ClF2N4O4. The highest BCUT2D eigenvalue weighted by Crippen LogP contribution is 2.47. The van der Waals surface area contributed by atoms with Gasteiger partial charge in [0.25, 0.3) is 0 Å². The minimum Gasteiger partial charge on any atom is -0.481 e. The lowest BCUT2D eigenvalue weighted by Gasteiger charge is -2.52. The van der Waals surface area contributed by atoms with Crippen LogP contribution in [0.15, 0.2) is 24.3 Å². The second-order valence-corrected chi connectivity index (χ2v) is 11.3. The van der Waals surface area contributed by atoms with E-state index in [0.717, 1.165) is 31.4 Å². The number of imidazole rings is 1. The monoisotopic (exact) mass is 574 g/mol. The number of ether oxygens (including phenoxy) is 1. The fourth-order valence-electron chi connectivity index (χ4n) is 6.85. The van der Waals surface area contributed by atoms with Crippen LogP contribution in [0.4, 0.5) is 8.78 Å². The summed E-state index contributed by atoms with van der Waals surface area (Å²) in [7, 11) is 1.46. The van der Waals surface area contributed by atoms with Gasteiger partial charge in [0.2, 0.25) is 11.8 Å². The van der Waals surface area contributed by atoms with Crippen molar-refractivity contribution in [2.75, 3.05) is 7.11 Å². The number of aliphatic carboxylic acids is 1. The maximum Gasteiger partial charge on any atom is 0.303 e. The van der Waals surface area contributed by atoms with Gasteiger partial charge in [-0.2, -0.15) is 0 Å². The lowest BCUT2D eigenvalue weighted by Crippen LogP contribution is -2.58. The number of hydrogen-bond acceptors (Lipinski definition) is 5. The highest BCUT2D eigenvalue weighted by molar-refractivity contribution is 6.29. The zero-order valence-corrected chi connectivity index (χ0v) is 23.4. The molecule has 0 bridgehead atoms. The molecule has 0 saturated heterocycles. The Hall–Kier alpha value is -3.27. The van der Waals surface area contributed by atoms with Gasteiger partial charge in [0.1, 0.15) is 16.6 Å². The first-order valence-corrected chi connectivity index (χ1v) is 14.1. The summed E-state index contributed by atoms with van der Waals surface area (Å²) >= 11 is 6.15. The largest absolute Gasteiger partial charge is 0.481 e. The molecule has 11 heteroatoms. The number of pyridine rings is 1. The first kappa shape index (κ1) is 28.3. The minimum atomic E-state index is -1.01. The Bertz CT molecular complexity index is 1430. The first-order chi connectivity index (χ1) is 19.1. The Balaban J connectivity index is 1.73. The normalized spacial score (nSPS) is 20.8. The highest BCUT2D eigenvalue weighted by Gasteiger charge is 2.47. The molecule has 0 aliphatic heterocycles. The molecule has 5 rings (SSSR count). The minimum absolute atomic E-state index is 0.0657. The number of benzene rings is 1. The number of nitrogens with zero attached hydrogens (tertiary/aromatic N) is 4. The highest BCUT2D eigenvalue weighted by atomic mass is 35.5. The van der Waals surface area contributed by atoms with Crippen molar-refractivity contribution in [3.8, 4) is 17.3 Å². The van der Waals surface area contributed by atoms with Crippen molar-refractivity contribution in [3.63, 3.8) is 0 Å². The van der Waals surface area contributed by atoms with Gasteiger partial charge in [0, 0.05) is 31.5 Å². The molecule has 0 atom stereocenters. The Labute approximate surface area is 236 Å². The third kappa shape index (κ3) is 5.13. The number of carbonyl (C=O) groups excluding carboxylic acids is 1. The topological polar surface area (TPSA) is 97.6 Å². The van der Waals surface area contributed by atoms with Gasteiger partial charge in [-0.15, -0.1) is 0 Å². The molecule has 1 amide bonds. The van der Waals surface area contributed by atoms with Crippen LogP contribution in [0.5, 0.6) is 5.88 Å². The Morgan fingerprint density at radius 3 is 2.40 bits per heavy atom. The van der Waals surface area contributed by atoms with Crippen molar-refractivity contribution in [3.05, 3.63) is 41.1 Å². The van der Waals surface area contributed by atoms with Crippen LogP contribution in [0.3, 0.4) is 0 Å². The van der Waals surface area contributed by atoms with Crippen LogP contribution < -0.4 is 4.74 Å². The van der Waals surface area contributed by atoms with Gasteiger partial charge in [-0.1, -0.05) is 18.0 Å². The molecule has 2 fully saturated rings. The fraction of sp³-hybridized carbons (Fsp3) is 0.517. The van der Waals surface area contributed by atoms with Gasteiger partial charge in [0.05, 0.1) is 23.7 Å². The molecule has 1 aromatic carbocycles. The van der Waals surface area contributed by atoms with Crippen molar-refractivity contribution in [1.29, 1.82) is 0 Å². The van der Waals surface area contributed by atoms with Gasteiger partial charge >= 0.3 is 5.97 Å². The Morgan fingerprint density at radius 2 is 1.77 bits per heavy atom. The number of fused-ring (bicyclic) bond motifs is 1. The summed E-state index contributed by atoms with van der Waals surface area (Å²) in [5.41, 5.74) is 0.207. The number of carbonyl (C=O) groups is 2. The van der Waals surface area contributed by atoms with Crippen LogP contribution in [0, 0.1) is 17.6 Å². The standard InChI is InChI=1S/C29H33ClF2N4O4/c1-17(37)35(19-8-6-18(7-9-19)14-26(38)39)29(12-4-3-5-13-29)36-24-16-22(32)21(31)15-23(24)33-27(36)20-10-11-25(30)34-28(20)40-2/h10-11,15-16,18-19H,3-9,12-14H2,1-2H3,(H,38,39). The van der Waals surface area contributed by atoms with E-state index < -0.39 is 23.3 Å². The molecule has 214 valence electrons. The molecular weight excluding hydrogens is 542 g/mol. The molecule has 2 heterocycles. The molecule has 0 spiro atoms. The van der Waals surface area contributed by atoms with Crippen molar-refractivity contribution in [2.45, 2.75) is 82.8 Å². The van der Waals surface area contributed by atoms with E-state index in [0.29, 0.717) is 55.4 Å². The Kier molecular flexibility index (Phi) is 7.99. The van der Waals surface area contributed by atoms with E-state index in [1.807, 2.05) is 9.47 Å². The van der Waals surface area contributed by atoms with E-state index in [4.69, 9.17) is 21.3 Å². The summed E-state index contributed by atoms with van der Waals surface area (Å²) in [5.74, 6) is -2.30.